The Morgan fingerprint density at radius 1 is 0.750 bits per heavy atom. The molecule has 6 heteroatoms. The van der Waals surface area contributed by atoms with Crippen LogP contribution in [0, 0.1) is 0 Å². The van der Waals surface area contributed by atoms with Gasteiger partial charge in [-0.05, 0) is 41.0 Å². The third-order valence-electron chi connectivity index (χ3n) is 4.08. The summed E-state index contributed by atoms with van der Waals surface area (Å²) in [5.74, 6) is 0.948. The zero-order chi connectivity index (χ0) is 20.0. The van der Waals surface area contributed by atoms with E-state index < -0.39 is 11.7 Å². The molecule has 0 saturated carbocycles. The van der Waals surface area contributed by atoms with E-state index in [4.69, 9.17) is 15.2 Å². The van der Waals surface area contributed by atoms with E-state index in [9.17, 15) is 13.2 Å². The third-order valence-corrected chi connectivity index (χ3v) is 4.08. The Bertz CT molecular complexity index is 911. The summed E-state index contributed by atoms with van der Waals surface area (Å²) < 4.78 is 50.6. The summed E-state index contributed by atoms with van der Waals surface area (Å²) in [4.78, 5) is 0. The van der Waals surface area contributed by atoms with Crippen molar-refractivity contribution in [3.63, 3.8) is 0 Å². The lowest BCUT2D eigenvalue weighted by Crippen LogP contribution is -2.11. The van der Waals surface area contributed by atoms with Crippen molar-refractivity contribution < 1.29 is 22.6 Å². The normalized spacial score (nSPS) is 11.3. The molecule has 0 radical (unpaired) electrons. The SMILES string of the molecule is NCCOc1ccc(-c2cccc(C(F)(F)F)c2)cc1OCc1ccccc1. The molecule has 0 aliphatic carbocycles. The van der Waals surface area contributed by atoms with Crippen molar-refractivity contribution >= 4 is 0 Å². The van der Waals surface area contributed by atoms with Crippen LogP contribution in [0.5, 0.6) is 11.5 Å². The Hall–Kier alpha value is -2.99. The van der Waals surface area contributed by atoms with E-state index in [1.54, 1.807) is 24.3 Å². The summed E-state index contributed by atoms with van der Waals surface area (Å²) in [7, 11) is 0. The molecule has 0 fully saturated rings. The second-order valence-electron chi connectivity index (χ2n) is 6.15. The molecule has 3 rings (SSSR count). The summed E-state index contributed by atoms with van der Waals surface area (Å²) >= 11 is 0. The molecule has 0 atom stereocenters. The fourth-order valence-electron chi connectivity index (χ4n) is 2.70. The first-order chi connectivity index (χ1) is 13.5. The predicted molar refractivity (Wildman–Crippen MR) is 102 cm³/mol. The van der Waals surface area contributed by atoms with Crippen LogP contribution < -0.4 is 15.2 Å². The van der Waals surface area contributed by atoms with Crippen LogP contribution in [0.25, 0.3) is 11.1 Å². The number of hydrogen-bond donors (Lipinski definition) is 1. The van der Waals surface area contributed by atoms with Crippen molar-refractivity contribution in [3.05, 3.63) is 83.9 Å². The largest absolute Gasteiger partial charge is 0.488 e. The van der Waals surface area contributed by atoms with E-state index in [0.717, 1.165) is 17.7 Å². The fraction of sp³-hybridized carbons (Fsp3) is 0.182. The molecule has 0 spiro atoms. The molecule has 28 heavy (non-hydrogen) atoms. The molecule has 0 unspecified atom stereocenters. The zero-order valence-corrected chi connectivity index (χ0v) is 15.1. The molecule has 3 nitrogen and oxygen atoms in total. The number of rotatable bonds is 7. The molecule has 0 aliphatic heterocycles. The van der Waals surface area contributed by atoms with E-state index in [2.05, 4.69) is 0 Å². The number of hydrogen-bond acceptors (Lipinski definition) is 3. The number of halogens is 3. The monoisotopic (exact) mass is 387 g/mol. The molecule has 0 aliphatic rings. The first-order valence-corrected chi connectivity index (χ1v) is 8.78. The average molecular weight is 387 g/mol. The van der Waals surface area contributed by atoms with E-state index >= 15 is 0 Å². The lowest BCUT2D eigenvalue weighted by molar-refractivity contribution is -0.137. The molecule has 0 saturated heterocycles. The van der Waals surface area contributed by atoms with E-state index in [1.807, 2.05) is 30.3 Å². The molecule has 3 aromatic rings. The molecule has 0 amide bonds. The van der Waals surface area contributed by atoms with E-state index in [0.29, 0.717) is 42.4 Å². The minimum absolute atomic E-state index is 0.310. The van der Waals surface area contributed by atoms with Crippen LogP contribution in [0.15, 0.2) is 72.8 Å². The summed E-state index contributed by atoms with van der Waals surface area (Å²) in [5.41, 5.74) is 6.83. The first-order valence-electron chi connectivity index (χ1n) is 8.78. The summed E-state index contributed by atoms with van der Waals surface area (Å²) in [6, 6.07) is 19.8. The smallest absolute Gasteiger partial charge is 0.416 e. The van der Waals surface area contributed by atoms with Gasteiger partial charge < -0.3 is 15.2 Å². The maximum Gasteiger partial charge on any atom is 0.416 e. The van der Waals surface area contributed by atoms with Crippen LogP contribution in [0.3, 0.4) is 0 Å². The van der Waals surface area contributed by atoms with Crippen LogP contribution >= 0.6 is 0 Å². The van der Waals surface area contributed by atoms with Crippen molar-refractivity contribution in [1.29, 1.82) is 0 Å². The summed E-state index contributed by atoms with van der Waals surface area (Å²) in [5, 5.41) is 0. The number of alkyl halides is 3. The highest BCUT2D eigenvalue weighted by Crippen LogP contribution is 2.36. The maximum atomic E-state index is 13.0. The van der Waals surface area contributed by atoms with Gasteiger partial charge in [0, 0.05) is 6.54 Å². The molecule has 0 heterocycles. The summed E-state index contributed by atoms with van der Waals surface area (Å²) in [6.45, 7) is 0.962. The first kappa shape index (κ1) is 19.8. The van der Waals surface area contributed by atoms with Gasteiger partial charge in [0.05, 0.1) is 5.56 Å². The lowest BCUT2D eigenvalue weighted by Gasteiger charge is -2.15. The quantitative estimate of drug-likeness (QED) is 0.599. The number of benzene rings is 3. The molecular weight excluding hydrogens is 367 g/mol. The van der Waals surface area contributed by atoms with Gasteiger partial charge in [0.25, 0.3) is 0 Å². The Labute approximate surface area is 161 Å². The summed E-state index contributed by atoms with van der Waals surface area (Å²) in [6.07, 6.45) is -4.40. The van der Waals surface area contributed by atoms with Crippen molar-refractivity contribution in [3.8, 4) is 22.6 Å². The standard InChI is InChI=1S/C22H20F3NO2/c23-22(24,25)19-8-4-7-17(13-19)18-9-10-20(27-12-11-26)21(14-18)28-15-16-5-2-1-3-6-16/h1-10,13-14H,11-12,15,26H2. The zero-order valence-electron chi connectivity index (χ0n) is 15.1. The van der Waals surface area contributed by atoms with Gasteiger partial charge in [-0.3, -0.25) is 0 Å². The van der Waals surface area contributed by atoms with Gasteiger partial charge in [-0.2, -0.15) is 13.2 Å². The van der Waals surface area contributed by atoms with Crippen molar-refractivity contribution in [2.75, 3.05) is 13.2 Å². The molecular formula is C22H20F3NO2. The Morgan fingerprint density at radius 2 is 1.50 bits per heavy atom. The Morgan fingerprint density at radius 3 is 2.21 bits per heavy atom. The van der Waals surface area contributed by atoms with Crippen LogP contribution in [0.4, 0.5) is 13.2 Å². The molecule has 3 aromatic carbocycles. The Balaban J connectivity index is 1.90. The second-order valence-corrected chi connectivity index (χ2v) is 6.15. The highest BCUT2D eigenvalue weighted by atomic mass is 19.4. The second kappa shape index (κ2) is 8.80. The van der Waals surface area contributed by atoms with Crippen LogP contribution in [0.2, 0.25) is 0 Å². The minimum atomic E-state index is -4.40. The minimum Gasteiger partial charge on any atom is -0.488 e. The van der Waals surface area contributed by atoms with Gasteiger partial charge in [-0.15, -0.1) is 0 Å². The highest BCUT2D eigenvalue weighted by Gasteiger charge is 2.30. The van der Waals surface area contributed by atoms with Gasteiger partial charge in [0.1, 0.15) is 13.2 Å². The van der Waals surface area contributed by atoms with Gasteiger partial charge in [-0.1, -0.05) is 48.5 Å². The van der Waals surface area contributed by atoms with E-state index in [-0.39, 0.29) is 0 Å². The fourth-order valence-corrected chi connectivity index (χ4v) is 2.70. The van der Waals surface area contributed by atoms with Crippen molar-refractivity contribution in [2.24, 2.45) is 5.73 Å². The van der Waals surface area contributed by atoms with Crippen LogP contribution in [-0.4, -0.2) is 13.2 Å². The van der Waals surface area contributed by atoms with Crippen molar-refractivity contribution in [2.45, 2.75) is 12.8 Å². The van der Waals surface area contributed by atoms with Gasteiger partial charge in [0.15, 0.2) is 11.5 Å². The topological polar surface area (TPSA) is 44.5 Å². The van der Waals surface area contributed by atoms with Gasteiger partial charge in [0.2, 0.25) is 0 Å². The van der Waals surface area contributed by atoms with Crippen LogP contribution in [0.1, 0.15) is 11.1 Å². The molecule has 146 valence electrons. The number of ether oxygens (including phenoxy) is 2. The predicted octanol–water partition coefficient (Wildman–Crippen LogP) is 5.29. The molecule has 2 N–H and O–H groups in total. The van der Waals surface area contributed by atoms with Gasteiger partial charge in [-0.25, -0.2) is 0 Å². The molecule has 0 aromatic heterocycles. The van der Waals surface area contributed by atoms with Gasteiger partial charge >= 0.3 is 6.18 Å². The molecule has 0 bridgehead atoms. The number of nitrogens with two attached hydrogens (primary N) is 1. The van der Waals surface area contributed by atoms with Crippen molar-refractivity contribution in [1.82, 2.24) is 0 Å². The average Bonchev–Trinajstić information content (AvgIpc) is 2.71. The Kier molecular flexibility index (Phi) is 6.21. The van der Waals surface area contributed by atoms with E-state index in [1.165, 1.54) is 6.07 Å². The third kappa shape index (κ3) is 5.04. The maximum absolute atomic E-state index is 13.0. The lowest BCUT2D eigenvalue weighted by atomic mass is 10.0. The highest BCUT2D eigenvalue weighted by molar-refractivity contribution is 5.68. The van der Waals surface area contributed by atoms with Crippen LogP contribution in [-0.2, 0) is 12.8 Å².